The molecule has 14 heavy (non-hydrogen) atoms. The zero-order valence-corrected chi connectivity index (χ0v) is 8.83. The van der Waals surface area contributed by atoms with Crippen LogP contribution in [0.2, 0.25) is 0 Å². The Morgan fingerprint density at radius 2 is 2.21 bits per heavy atom. The summed E-state index contributed by atoms with van der Waals surface area (Å²) in [4.78, 5) is 13.1. The second kappa shape index (κ2) is 6.92. The molecule has 0 spiro atoms. The number of Topliss-reactive ketones (excluding diaryl/α,β-unsaturated/α-hetero) is 1. The number of methoxy groups -OCH3 is 1. The molecule has 0 bridgehead atoms. The summed E-state index contributed by atoms with van der Waals surface area (Å²) in [6.45, 7) is 4.61. The van der Waals surface area contributed by atoms with Gasteiger partial charge in [-0.25, -0.2) is 0 Å². The third-order valence-electron chi connectivity index (χ3n) is 2.30. The predicted octanol–water partition coefficient (Wildman–Crippen LogP) is 0.314. The van der Waals surface area contributed by atoms with Crippen molar-refractivity contribution in [1.82, 2.24) is 4.90 Å². The molecule has 4 nitrogen and oxygen atoms in total. The largest absolute Gasteiger partial charge is 0.382 e. The molecule has 1 rings (SSSR count). The first-order chi connectivity index (χ1) is 6.83. The molecule has 0 N–H and O–H groups in total. The van der Waals surface area contributed by atoms with E-state index in [1.807, 2.05) is 0 Å². The average molecular weight is 201 g/mol. The van der Waals surface area contributed by atoms with Gasteiger partial charge in [-0.05, 0) is 6.42 Å². The molecule has 1 aliphatic rings. The standard InChI is InChI=1S/C10H19NO3/c1-13-7-8-14-6-2-4-11-5-3-10(12)9-11/h2-9H2,1H3. The minimum atomic E-state index is 0.366. The number of ether oxygens (including phenoxy) is 2. The van der Waals surface area contributed by atoms with Crippen LogP contribution in [0, 0.1) is 0 Å². The van der Waals surface area contributed by atoms with Crippen LogP contribution in [0.15, 0.2) is 0 Å². The number of likely N-dealkylation sites (tertiary alicyclic amines) is 1. The summed E-state index contributed by atoms with van der Waals surface area (Å²) in [6.07, 6.45) is 1.72. The number of carbonyl (C=O) groups excluding carboxylic acids is 1. The number of carbonyl (C=O) groups is 1. The lowest BCUT2D eigenvalue weighted by Gasteiger charge is -2.12. The maximum absolute atomic E-state index is 10.9. The Kier molecular flexibility index (Phi) is 5.75. The molecule has 0 unspecified atom stereocenters. The molecule has 0 aliphatic carbocycles. The first-order valence-electron chi connectivity index (χ1n) is 5.13. The molecule has 1 aliphatic heterocycles. The van der Waals surface area contributed by atoms with E-state index in [9.17, 15) is 4.79 Å². The van der Waals surface area contributed by atoms with Crippen molar-refractivity contribution in [2.45, 2.75) is 12.8 Å². The first-order valence-corrected chi connectivity index (χ1v) is 5.13. The highest BCUT2D eigenvalue weighted by Crippen LogP contribution is 2.04. The van der Waals surface area contributed by atoms with Gasteiger partial charge in [-0.1, -0.05) is 0 Å². The van der Waals surface area contributed by atoms with E-state index in [4.69, 9.17) is 9.47 Å². The number of nitrogens with zero attached hydrogens (tertiary/aromatic N) is 1. The molecule has 0 radical (unpaired) electrons. The lowest BCUT2D eigenvalue weighted by Crippen LogP contribution is -2.23. The van der Waals surface area contributed by atoms with Crippen molar-refractivity contribution in [3.63, 3.8) is 0 Å². The van der Waals surface area contributed by atoms with Gasteiger partial charge in [-0.2, -0.15) is 0 Å². The van der Waals surface area contributed by atoms with Gasteiger partial charge in [0.2, 0.25) is 0 Å². The van der Waals surface area contributed by atoms with Crippen LogP contribution in [0.25, 0.3) is 0 Å². The Labute approximate surface area is 85.2 Å². The minimum absolute atomic E-state index is 0.366. The van der Waals surface area contributed by atoms with Gasteiger partial charge in [0.1, 0.15) is 5.78 Å². The maximum Gasteiger partial charge on any atom is 0.148 e. The fraction of sp³-hybridized carbons (Fsp3) is 0.900. The third-order valence-corrected chi connectivity index (χ3v) is 2.30. The Hall–Kier alpha value is -0.450. The van der Waals surface area contributed by atoms with Crippen molar-refractivity contribution in [3.8, 4) is 0 Å². The van der Waals surface area contributed by atoms with Gasteiger partial charge < -0.3 is 9.47 Å². The van der Waals surface area contributed by atoms with Crippen LogP contribution in [-0.2, 0) is 14.3 Å². The SMILES string of the molecule is COCCOCCCN1CCC(=O)C1. The molecule has 0 atom stereocenters. The molecule has 82 valence electrons. The van der Waals surface area contributed by atoms with Crippen LogP contribution in [0.5, 0.6) is 0 Å². The van der Waals surface area contributed by atoms with E-state index < -0.39 is 0 Å². The molecular formula is C10H19NO3. The monoisotopic (exact) mass is 201 g/mol. The van der Waals surface area contributed by atoms with E-state index in [0.29, 0.717) is 25.5 Å². The highest BCUT2D eigenvalue weighted by atomic mass is 16.5. The van der Waals surface area contributed by atoms with Crippen LogP contribution in [0.1, 0.15) is 12.8 Å². The van der Waals surface area contributed by atoms with Crippen LogP contribution in [0.4, 0.5) is 0 Å². The zero-order valence-electron chi connectivity index (χ0n) is 8.83. The van der Waals surface area contributed by atoms with E-state index >= 15 is 0 Å². The zero-order chi connectivity index (χ0) is 10.2. The lowest BCUT2D eigenvalue weighted by atomic mass is 10.4. The topological polar surface area (TPSA) is 38.8 Å². The van der Waals surface area contributed by atoms with Gasteiger partial charge in [0.25, 0.3) is 0 Å². The molecule has 1 fully saturated rings. The fourth-order valence-corrected chi connectivity index (χ4v) is 1.52. The average Bonchev–Trinajstić information content (AvgIpc) is 2.58. The number of ketones is 1. The summed E-state index contributed by atoms with van der Waals surface area (Å²) in [5, 5.41) is 0. The quantitative estimate of drug-likeness (QED) is 0.556. The molecule has 1 heterocycles. The molecule has 0 saturated carbocycles. The van der Waals surface area contributed by atoms with Crippen molar-refractivity contribution in [1.29, 1.82) is 0 Å². The number of hydrogen-bond donors (Lipinski definition) is 0. The molecule has 1 saturated heterocycles. The van der Waals surface area contributed by atoms with Crippen molar-refractivity contribution in [3.05, 3.63) is 0 Å². The fourth-order valence-electron chi connectivity index (χ4n) is 1.52. The molecular weight excluding hydrogens is 182 g/mol. The van der Waals surface area contributed by atoms with Gasteiger partial charge in [-0.15, -0.1) is 0 Å². The Bertz CT molecular complexity index is 173. The third kappa shape index (κ3) is 4.69. The summed E-state index contributed by atoms with van der Waals surface area (Å²) in [7, 11) is 1.67. The first kappa shape index (κ1) is 11.6. The van der Waals surface area contributed by atoms with Gasteiger partial charge >= 0.3 is 0 Å². The predicted molar refractivity (Wildman–Crippen MR) is 53.4 cm³/mol. The van der Waals surface area contributed by atoms with E-state index in [0.717, 1.165) is 32.5 Å². The summed E-state index contributed by atoms with van der Waals surface area (Å²) >= 11 is 0. The van der Waals surface area contributed by atoms with Crippen LogP contribution in [0.3, 0.4) is 0 Å². The van der Waals surface area contributed by atoms with Gasteiger partial charge in [0.15, 0.2) is 0 Å². The molecule has 0 aromatic heterocycles. The van der Waals surface area contributed by atoms with Gasteiger partial charge in [-0.3, -0.25) is 9.69 Å². The minimum Gasteiger partial charge on any atom is -0.382 e. The normalized spacial score (nSPS) is 17.9. The summed E-state index contributed by atoms with van der Waals surface area (Å²) in [5.74, 6) is 0.366. The highest BCUT2D eigenvalue weighted by Gasteiger charge is 2.17. The smallest absolute Gasteiger partial charge is 0.148 e. The summed E-state index contributed by atoms with van der Waals surface area (Å²) < 4.78 is 10.2. The molecule has 0 amide bonds. The Balaban J connectivity index is 1.86. The van der Waals surface area contributed by atoms with Gasteiger partial charge in [0.05, 0.1) is 19.8 Å². The lowest BCUT2D eigenvalue weighted by molar-refractivity contribution is -0.116. The van der Waals surface area contributed by atoms with E-state index in [-0.39, 0.29) is 0 Å². The Morgan fingerprint density at radius 1 is 1.36 bits per heavy atom. The number of hydrogen-bond acceptors (Lipinski definition) is 4. The van der Waals surface area contributed by atoms with Crippen LogP contribution in [-0.4, -0.2) is 57.2 Å². The van der Waals surface area contributed by atoms with Gasteiger partial charge in [0, 0.05) is 33.2 Å². The Morgan fingerprint density at radius 3 is 2.86 bits per heavy atom. The molecule has 0 aromatic carbocycles. The van der Waals surface area contributed by atoms with E-state index in [1.165, 1.54) is 0 Å². The summed E-state index contributed by atoms with van der Waals surface area (Å²) in [6, 6.07) is 0. The second-order valence-corrected chi connectivity index (χ2v) is 3.52. The van der Waals surface area contributed by atoms with Crippen LogP contribution >= 0.6 is 0 Å². The van der Waals surface area contributed by atoms with E-state index in [2.05, 4.69) is 4.90 Å². The summed E-state index contributed by atoms with van der Waals surface area (Å²) in [5.41, 5.74) is 0. The van der Waals surface area contributed by atoms with Crippen molar-refractivity contribution in [2.24, 2.45) is 0 Å². The van der Waals surface area contributed by atoms with Crippen molar-refractivity contribution >= 4 is 5.78 Å². The molecule has 0 aromatic rings. The van der Waals surface area contributed by atoms with E-state index in [1.54, 1.807) is 7.11 Å². The van der Waals surface area contributed by atoms with Crippen LogP contribution < -0.4 is 0 Å². The maximum atomic E-state index is 10.9. The molecule has 4 heteroatoms. The number of rotatable bonds is 7. The van der Waals surface area contributed by atoms with Crippen molar-refractivity contribution in [2.75, 3.05) is 46.6 Å². The van der Waals surface area contributed by atoms with Crippen molar-refractivity contribution < 1.29 is 14.3 Å². The highest BCUT2D eigenvalue weighted by molar-refractivity contribution is 5.82. The second-order valence-electron chi connectivity index (χ2n) is 3.52.